The third-order valence-electron chi connectivity index (χ3n) is 2.36. The second kappa shape index (κ2) is 6.64. The van der Waals surface area contributed by atoms with Crippen LogP contribution in [-0.2, 0) is 9.53 Å². The Morgan fingerprint density at radius 1 is 1.58 bits per heavy atom. The fourth-order valence-corrected chi connectivity index (χ4v) is 1.34. The van der Waals surface area contributed by atoms with Crippen molar-refractivity contribution in [2.45, 2.75) is 6.04 Å². The SMILES string of the molecule is CNC(COc1ccc(F)cc1[N+](=O)[O-])C(=O)OC. The highest BCUT2D eigenvalue weighted by molar-refractivity contribution is 5.75. The van der Waals surface area contributed by atoms with Crippen molar-refractivity contribution in [1.82, 2.24) is 5.32 Å². The zero-order valence-corrected chi connectivity index (χ0v) is 10.4. The summed E-state index contributed by atoms with van der Waals surface area (Å²) in [6.07, 6.45) is 0. The number of esters is 1. The minimum Gasteiger partial charge on any atom is -0.485 e. The number of nitro benzene ring substituents is 1. The largest absolute Gasteiger partial charge is 0.485 e. The van der Waals surface area contributed by atoms with Crippen molar-refractivity contribution in [1.29, 1.82) is 0 Å². The molecule has 0 aliphatic heterocycles. The second-order valence-corrected chi connectivity index (χ2v) is 3.54. The lowest BCUT2D eigenvalue weighted by Crippen LogP contribution is -2.40. The van der Waals surface area contributed by atoms with Crippen LogP contribution in [0.15, 0.2) is 18.2 Å². The zero-order chi connectivity index (χ0) is 14.4. The highest BCUT2D eigenvalue weighted by atomic mass is 19.1. The molecule has 0 heterocycles. The summed E-state index contributed by atoms with van der Waals surface area (Å²) >= 11 is 0. The average Bonchev–Trinajstić information content (AvgIpc) is 2.40. The molecule has 104 valence electrons. The quantitative estimate of drug-likeness (QED) is 0.469. The number of carbonyl (C=O) groups is 1. The van der Waals surface area contributed by atoms with Gasteiger partial charge in [-0.1, -0.05) is 0 Å². The number of hydrogen-bond donors (Lipinski definition) is 1. The van der Waals surface area contributed by atoms with Crippen LogP contribution in [0, 0.1) is 15.9 Å². The molecular formula is C11H13FN2O5. The van der Waals surface area contributed by atoms with Gasteiger partial charge < -0.3 is 14.8 Å². The van der Waals surface area contributed by atoms with E-state index in [1.165, 1.54) is 14.2 Å². The number of rotatable bonds is 6. The van der Waals surface area contributed by atoms with Crippen LogP contribution in [0.2, 0.25) is 0 Å². The fourth-order valence-electron chi connectivity index (χ4n) is 1.34. The van der Waals surface area contributed by atoms with Gasteiger partial charge in [0.05, 0.1) is 18.1 Å². The van der Waals surface area contributed by atoms with E-state index in [4.69, 9.17) is 4.74 Å². The van der Waals surface area contributed by atoms with E-state index in [-0.39, 0.29) is 12.4 Å². The Morgan fingerprint density at radius 2 is 2.26 bits per heavy atom. The Morgan fingerprint density at radius 3 is 2.79 bits per heavy atom. The predicted octanol–water partition coefficient (Wildman–Crippen LogP) is 0.874. The number of halogens is 1. The molecule has 7 nitrogen and oxygen atoms in total. The molecule has 1 atom stereocenters. The van der Waals surface area contributed by atoms with Crippen molar-refractivity contribution in [3.8, 4) is 5.75 Å². The van der Waals surface area contributed by atoms with Crippen molar-refractivity contribution in [3.63, 3.8) is 0 Å². The highest BCUT2D eigenvalue weighted by Gasteiger charge is 2.21. The van der Waals surface area contributed by atoms with Crippen LogP contribution in [0.25, 0.3) is 0 Å². The van der Waals surface area contributed by atoms with Gasteiger partial charge in [-0.25, -0.2) is 4.39 Å². The maximum Gasteiger partial charge on any atom is 0.326 e. The molecule has 0 aliphatic carbocycles. The Kier molecular flexibility index (Phi) is 5.19. The molecule has 0 radical (unpaired) electrons. The molecule has 8 heteroatoms. The normalized spacial score (nSPS) is 11.7. The number of likely N-dealkylation sites (N-methyl/N-ethyl adjacent to an activating group) is 1. The van der Waals surface area contributed by atoms with Crippen LogP contribution >= 0.6 is 0 Å². The molecule has 1 rings (SSSR count). The number of nitro groups is 1. The van der Waals surface area contributed by atoms with E-state index < -0.39 is 28.4 Å². The fraction of sp³-hybridized carbons (Fsp3) is 0.364. The molecule has 0 aliphatic rings. The molecule has 0 spiro atoms. The summed E-state index contributed by atoms with van der Waals surface area (Å²) in [4.78, 5) is 21.2. The lowest BCUT2D eigenvalue weighted by atomic mass is 10.3. The van der Waals surface area contributed by atoms with Gasteiger partial charge in [0.15, 0.2) is 5.75 Å². The summed E-state index contributed by atoms with van der Waals surface area (Å²) in [6, 6.07) is 2.16. The van der Waals surface area contributed by atoms with Gasteiger partial charge in [-0.2, -0.15) is 0 Å². The number of hydrogen-bond acceptors (Lipinski definition) is 6. The van der Waals surface area contributed by atoms with E-state index in [0.29, 0.717) is 0 Å². The summed E-state index contributed by atoms with van der Waals surface area (Å²) in [5.74, 6) is -1.42. The van der Waals surface area contributed by atoms with Crippen LogP contribution in [0.1, 0.15) is 0 Å². The van der Waals surface area contributed by atoms with E-state index >= 15 is 0 Å². The average molecular weight is 272 g/mol. The maximum absolute atomic E-state index is 12.9. The van der Waals surface area contributed by atoms with Crippen LogP contribution in [0.4, 0.5) is 10.1 Å². The Balaban J connectivity index is 2.82. The van der Waals surface area contributed by atoms with Crippen molar-refractivity contribution in [3.05, 3.63) is 34.1 Å². The minimum atomic E-state index is -0.769. The molecule has 1 N–H and O–H groups in total. The van der Waals surface area contributed by atoms with Crippen molar-refractivity contribution in [2.24, 2.45) is 0 Å². The summed E-state index contributed by atoms with van der Waals surface area (Å²) in [5.41, 5.74) is -0.500. The van der Waals surface area contributed by atoms with Gasteiger partial charge in [0, 0.05) is 0 Å². The Labute approximate surface area is 108 Å². The molecule has 0 aromatic heterocycles. The van der Waals surface area contributed by atoms with Gasteiger partial charge in [-0.15, -0.1) is 0 Å². The first-order valence-electron chi connectivity index (χ1n) is 5.31. The molecule has 19 heavy (non-hydrogen) atoms. The molecule has 0 fully saturated rings. The molecule has 0 saturated heterocycles. The van der Waals surface area contributed by atoms with Crippen molar-refractivity contribution in [2.75, 3.05) is 20.8 Å². The van der Waals surface area contributed by atoms with E-state index in [2.05, 4.69) is 10.1 Å². The van der Waals surface area contributed by atoms with Crippen molar-refractivity contribution >= 4 is 11.7 Å². The van der Waals surface area contributed by atoms with E-state index in [1.807, 2.05) is 0 Å². The number of nitrogens with one attached hydrogen (secondary N) is 1. The first-order chi connectivity index (χ1) is 8.99. The topological polar surface area (TPSA) is 90.7 Å². The molecule has 0 bridgehead atoms. The summed E-state index contributed by atoms with van der Waals surface area (Å²) in [7, 11) is 2.73. The Bertz CT molecular complexity index is 480. The van der Waals surface area contributed by atoms with E-state index in [9.17, 15) is 19.3 Å². The van der Waals surface area contributed by atoms with Gasteiger partial charge >= 0.3 is 11.7 Å². The van der Waals surface area contributed by atoms with Gasteiger partial charge in [0.25, 0.3) is 0 Å². The number of carbonyl (C=O) groups excluding carboxylic acids is 1. The smallest absolute Gasteiger partial charge is 0.326 e. The van der Waals surface area contributed by atoms with Gasteiger partial charge in [0.1, 0.15) is 18.5 Å². The molecule has 0 amide bonds. The first-order valence-corrected chi connectivity index (χ1v) is 5.31. The minimum absolute atomic E-state index is 0.115. The van der Waals surface area contributed by atoms with Crippen LogP contribution in [0.3, 0.4) is 0 Å². The molecule has 1 aromatic carbocycles. The third kappa shape index (κ3) is 3.88. The van der Waals surface area contributed by atoms with Crippen molar-refractivity contribution < 1.29 is 23.6 Å². The molecular weight excluding hydrogens is 259 g/mol. The predicted molar refractivity (Wildman–Crippen MR) is 63.4 cm³/mol. The maximum atomic E-state index is 12.9. The molecule has 1 aromatic rings. The zero-order valence-electron chi connectivity index (χ0n) is 10.4. The lowest BCUT2D eigenvalue weighted by Gasteiger charge is -2.14. The number of benzene rings is 1. The Hall–Kier alpha value is -2.22. The lowest BCUT2D eigenvalue weighted by molar-refractivity contribution is -0.386. The van der Waals surface area contributed by atoms with E-state index in [0.717, 1.165) is 18.2 Å². The van der Waals surface area contributed by atoms with Gasteiger partial charge in [-0.3, -0.25) is 14.9 Å². The number of nitrogens with zero attached hydrogens (tertiary/aromatic N) is 1. The monoisotopic (exact) mass is 272 g/mol. The number of ether oxygens (including phenoxy) is 2. The van der Waals surface area contributed by atoms with Crippen LogP contribution in [0.5, 0.6) is 5.75 Å². The number of methoxy groups -OCH3 is 1. The molecule has 0 saturated carbocycles. The first kappa shape index (κ1) is 14.8. The van der Waals surface area contributed by atoms with Crippen LogP contribution in [-0.4, -0.2) is 37.7 Å². The summed E-state index contributed by atoms with van der Waals surface area (Å²) in [6.45, 7) is -0.171. The standard InChI is InChI=1S/C11H13FN2O5/c1-13-8(11(15)18-2)6-19-10-4-3-7(12)5-9(10)14(16)17/h3-5,8,13H,6H2,1-2H3. The summed E-state index contributed by atoms with van der Waals surface area (Å²) in [5, 5.41) is 13.4. The molecule has 1 unspecified atom stereocenters. The highest BCUT2D eigenvalue weighted by Crippen LogP contribution is 2.27. The van der Waals surface area contributed by atoms with E-state index in [1.54, 1.807) is 0 Å². The summed E-state index contributed by atoms with van der Waals surface area (Å²) < 4.78 is 22.6. The van der Waals surface area contributed by atoms with Gasteiger partial charge in [-0.05, 0) is 19.2 Å². The van der Waals surface area contributed by atoms with Gasteiger partial charge in [0.2, 0.25) is 0 Å². The second-order valence-electron chi connectivity index (χ2n) is 3.54. The third-order valence-corrected chi connectivity index (χ3v) is 2.36. The van der Waals surface area contributed by atoms with Crippen LogP contribution < -0.4 is 10.1 Å².